The lowest BCUT2D eigenvalue weighted by atomic mass is 10.1. The average molecular weight is 376 g/mol. The van der Waals surface area contributed by atoms with Gasteiger partial charge in [-0.2, -0.15) is 5.10 Å². The number of piperazine rings is 1. The number of H-pyrrole nitrogens is 1. The SMILES string of the molecule is CC(=O)c1cc(C(=O)N2CCN(c3nccc(-c4ccccc4)n3)CC2)[nH]n1. The van der Waals surface area contributed by atoms with E-state index in [0.29, 0.717) is 37.8 Å². The third-order valence-corrected chi connectivity index (χ3v) is 4.73. The number of aromatic nitrogens is 4. The van der Waals surface area contributed by atoms with Crippen molar-refractivity contribution in [1.29, 1.82) is 0 Å². The summed E-state index contributed by atoms with van der Waals surface area (Å²) in [4.78, 5) is 36.9. The second kappa shape index (κ2) is 7.59. The maximum atomic E-state index is 12.6. The van der Waals surface area contributed by atoms with Crippen LogP contribution in [0.25, 0.3) is 11.3 Å². The summed E-state index contributed by atoms with van der Waals surface area (Å²) in [6.07, 6.45) is 1.76. The molecule has 1 saturated heterocycles. The lowest BCUT2D eigenvalue weighted by molar-refractivity contribution is 0.0740. The fourth-order valence-electron chi connectivity index (χ4n) is 3.16. The Hall–Kier alpha value is -3.55. The zero-order valence-electron chi connectivity index (χ0n) is 15.5. The summed E-state index contributed by atoms with van der Waals surface area (Å²) in [5.74, 6) is 0.336. The van der Waals surface area contributed by atoms with Gasteiger partial charge in [0.05, 0.1) is 5.69 Å². The molecule has 0 saturated carbocycles. The molecule has 28 heavy (non-hydrogen) atoms. The molecule has 0 radical (unpaired) electrons. The van der Waals surface area contributed by atoms with Gasteiger partial charge in [0, 0.05) is 44.9 Å². The normalized spacial score (nSPS) is 14.2. The van der Waals surface area contributed by atoms with Crippen LogP contribution in [-0.2, 0) is 0 Å². The Balaban J connectivity index is 1.43. The molecule has 1 amide bonds. The van der Waals surface area contributed by atoms with Crippen molar-refractivity contribution in [3.05, 3.63) is 60.0 Å². The van der Waals surface area contributed by atoms with Crippen molar-refractivity contribution in [1.82, 2.24) is 25.1 Å². The zero-order chi connectivity index (χ0) is 19.5. The third-order valence-electron chi connectivity index (χ3n) is 4.73. The smallest absolute Gasteiger partial charge is 0.272 e. The number of anilines is 1. The molecule has 142 valence electrons. The number of benzene rings is 1. The molecule has 1 aromatic carbocycles. The predicted octanol–water partition coefficient (Wildman–Crippen LogP) is 2.03. The molecular weight excluding hydrogens is 356 g/mol. The quantitative estimate of drug-likeness (QED) is 0.700. The number of hydrogen-bond acceptors (Lipinski definition) is 6. The first-order chi connectivity index (χ1) is 13.6. The molecule has 0 bridgehead atoms. The van der Waals surface area contributed by atoms with Gasteiger partial charge in [-0.3, -0.25) is 14.7 Å². The molecule has 0 aliphatic carbocycles. The summed E-state index contributed by atoms with van der Waals surface area (Å²) in [5.41, 5.74) is 2.52. The number of carbonyl (C=O) groups excluding carboxylic acids is 2. The van der Waals surface area contributed by atoms with Crippen LogP contribution >= 0.6 is 0 Å². The first-order valence-electron chi connectivity index (χ1n) is 9.11. The van der Waals surface area contributed by atoms with Gasteiger partial charge in [0.2, 0.25) is 5.95 Å². The van der Waals surface area contributed by atoms with E-state index >= 15 is 0 Å². The van der Waals surface area contributed by atoms with Gasteiger partial charge in [-0.05, 0) is 12.1 Å². The highest BCUT2D eigenvalue weighted by Gasteiger charge is 2.25. The van der Waals surface area contributed by atoms with Crippen LogP contribution < -0.4 is 4.90 Å². The Morgan fingerprint density at radius 2 is 1.79 bits per heavy atom. The lowest BCUT2D eigenvalue weighted by Crippen LogP contribution is -2.49. The van der Waals surface area contributed by atoms with Crippen LogP contribution in [0.15, 0.2) is 48.7 Å². The molecule has 8 nitrogen and oxygen atoms in total. The second-order valence-electron chi connectivity index (χ2n) is 6.61. The number of ketones is 1. The van der Waals surface area contributed by atoms with Crippen molar-refractivity contribution in [2.75, 3.05) is 31.1 Å². The maximum Gasteiger partial charge on any atom is 0.272 e. The van der Waals surface area contributed by atoms with E-state index in [-0.39, 0.29) is 17.4 Å². The highest BCUT2D eigenvalue weighted by atomic mass is 16.2. The van der Waals surface area contributed by atoms with E-state index in [4.69, 9.17) is 0 Å². The number of aromatic amines is 1. The van der Waals surface area contributed by atoms with Gasteiger partial charge < -0.3 is 9.80 Å². The molecule has 3 aromatic rings. The van der Waals surface area contributed by atoms with Gasteiger partial charge in [0.15, 0.2) is 5.78 Å². The van der Waals surface area contributed by atoms with Crippen LogP contribution in [0, 0.1) is 0 Å². The third kappa shape index (κ3) is 3.62. The van der Waals surface area contributed by atoms with Gasteiger partial charge in [-0.15, -0.1) is 0 Å². The van der Waals surface area contributed by atoms with Crippen molar-refractivity contribution in [2.45, 2.75) is 6.92 Å². The Bertz CT molecular complexity index is 993. The molecule has 4 rings (SSSR count). The number of rotatable bonds is 4. The van der Waals surface area contributed by atoms with Crippen LogP contribution in [-0.4, -0.2) is 62.9 Å². The minimum absolute atomic E-state index is 0.154. The Morgan fingerprint density at radius 1 is 1.04 bits per heavy atom. The summed E-state index contributed by atoms with van der Waals surface area (Å²) < 4.78 is 0. The fraction of sp³-hybridized carbons (Fsp3) is 0.250. The number of amides is 1. The number of nitrogens with one attached hydrogen (secondary N) is 1. The first-order valence-corrected chi connectivity index (χ1v) is 9.11. The van der Waals surface area contributed by atoms with Crippen LogP contribution in [0.3, 0.4) is 0 Å². The Kier molecular flexibility index (Phi) is 4.84. The van der Waals surface area contributed by atoms with Gasteiger partial charge in [0.1, 0.15) is 11.4 Å². The monoisotopic (exact) mass is 376 g/mol. The van der Waals surface area contributed by atoms with Gasteiger partial charge in [-0.25, -0.2) is 9.97 Å². The second-order valence-corrected chi connectivity index (χ2v) is 6.61. The fourth-order valence-corrected chi connectivity index (χ4v) is 3.16. The molecule has 1 N–H and O–H groups in total. The Morgan fingerprint density at radius 3 is 2.46 bits per heavy atom. The minimum atomic E-state index is -0.171. The molecule has 0 atom stereocenters. The molecule has 0 unspecified atom stereocenters. The number of hydrogen-bond donors (Lipinski definition) is 1. The minimum Gasteiger partial charge on any atom is -0.337 e. The van der Waals surface area contributed by atoms with Gasteiger partial charge >= 0.3 is 0 Å². The van der Waals surface area contributed by atoms with Crippen molar-refractivity contribution < 1.29 is 9.59 Å². The van der Waals surface area contributed by atoms with E-state index in [1.54, 1.807) is 11.1 Å². The van der Waals surface area contributed by atoms with Gasteiger partial charge in [0.25, 0.3) is 5.91 Å². The standard InChI is InChI=1S/C20H20N6O2/c1-14(27)17-13-18(24-23-17)19(28)25-9-11-26(12-10-25)20-21-8-7-16(22-20)15-5-3-2-4-6-15/h2-8,13H,9-12H2,1H3,(H,23,24). The molecule has 8 heteroatoms. The van der Waals surface area contributed by atoms with E-state index in [1.807, 2.05) is 36.4 Å². The van der Waals surface area contributed by atoms with Crippen molar-refractivity contribution >= 4 is 17.6 Å². The van der Waals surface area contributed by atoms with Crippen LogP contribution in [0.4, 0.5) is 5.95 Å². The summed E-state index contributed by atoms with van der Waals surface area (Å²) in [5, 5.41) is 6.53. The summed E-state index contributed by atoms with van der Waals surface area (Å²) in [7, 11) is 0. The molecular formula is C20H20N6O2. The highest BCUT2D eigenvalue weighted by molar-refractivity contribution is 5.97. The molecule has 0 spiro atoms. The molecule has 1 fully saturated rings. The first kappa shape index (κ1) is 17.8. The van der Waals surface area contributed by atoms with Crippen molar-refractivity contribution in [3.8, 4) is 11.3 Å². The number of Topliss-reactive ketones (excluding diaryl/α,β-unsaturated/α-hetero) is 1. The van der Waals surface area contributed by atoms with Crippen molar-refractivity contribution in [2.24, 2.45) is 0 Å². The lowest BCUT2D eigenvalue weighted by Gasteiger charge is -2.34. The highest BCUT2D eigenvalue weighted by Crippen LogP contribution is 2.19. The maximum absolute atomic E-state index is 12.6. The Labute approximate surface area is 162 Å². The number of carbonyl (C=O) groups is 2. The van der Waals surface area contributed by atoms with Crippen LogP contribution in [0.1, 0.15) is 27.9 Å². The summed E-state index contributed by atoms with van der Waals surface area (Å²) >= 11 is 0. The van der Waals surface area contributed by atoms with E-state index in [1.165, 1.54) is 13.0 Å². The van der Waals surface area contributed by atoms with E-state index < -0.39 is 0 Å². The molecule has 1 aliphatic heterocycles. The van der Waals surface area contributed by atoms with Crippen LogP contribution in [0.2, 0.25) is 0 Å². The van der Waals surface area contributed by atoms with Crippen LogP contribution in [0.5, 0.6) is 0 Å². The van der Waals surface area contributed by atoms with Crippen molar-refractivity contribution in [3.63, 3.8) is 0 Å². The molecule has 1 aliphatic rings. The molecule has 3 heterocycles. The largest absolute Gasteiger partial charge is 0.337 e. The summed E-state index contributed by atoms with van der Waals surface area (Å²) in [6.45, 7) is 3.79. The predicted molar refractivity (Wildman–Crippen MR) is 104 cm³/mol. The number of nitrogens with zero attached hydrogens (tertiary/aromatic N) is 5. The molecule has 2 aromatic heterocycles. The van der Waals surface area contributed by atoms with E-state index in [0.717, 1.165) is 11.3 Å². The summed E-state index contributed by atoms with van der Waals surface area (Å²) in [6, 6.07) is 13.4. The zero-order valence-corrected chi connectivity index (χ0v) is 15.5. The average Bonchev–Trinajstić information content (AvgIpc) is 3.25. The van der Waals surface area contributed by atoms with E-state index in [2.05, 4.69) is 25.1 Å². The topological polar surface area (TPSA) is 95.1 Å². The van der Waals surface area contributed by atoms with Gasteiger partial charge in [-0.1, -0.05) is 30.3 Å². The van der Waals surface area contributed by atoms with E-state index in [9.17, 15) is 9.59 Å².